The highest BCUT2D eigenvalue weighted by atomic mass is 32.1. The van der Waals surface area contributed by atoms with Crippen molar-refractivity contribution < 1.29 is 4.79 Å². The average Bonchev–Trinajstić information content (AvgIpc) is 2.81. The van der Waals surface area contributed by atoms with Gasteiger partial charge < -0.3 is 11.1 Å². The second kappa shape index (κ2) is 5.33. The van der Waals surface area contributed by atoms with E-state index in [1.807, 2.05) is 44.2 Å². The first kappa shape index (κ1) is 13.8. The maximum atomic E-state index is 12.3. The number of carbonyl (C=O) groups is 1. The third kappa shape index (κ3) is 2.45. The van der Waals surface area contributed by atoms with E-state index in [0.29, 0.717) is 10.6 Å². The molecule has 0 saturated heterocycles. The number of nitrogens with zero attached hydrogens (tertiary/aromatic N) is 1. The van der Waals surface area contributed by atoms with Crippen LogP contribution in [-0.2, 0) is 0 Å². The van der Waals surface area contributed by atoms with E-state index in [1.54, 1.807) is 0 Å². The number of nitrogen functional groups attached to an aromatic ring is 1. The molecule has 0 fully saturated rings. The summed E-state index contributed by atoms with van der Waals surface area (Å²) in [5.74, 6) is -0.117. The fourth-order valence-electron chi connectivity index (χ4n) is 2.20. The summed E-state index contributed by atoms with van der Waals surface area (Å²) in [6.45, 7) is 4.02. The Morgan fingerprint density at radius 2 is 2.19 bits per heavy atom. The maximum absolute atomic E-state index is 12.3. The Balaban J connectivity index is 2.10. The molecule has 0 saturated carbocycles. The lowest BCUT2D eigenvalue weighted by Gasteiger charge is -2.10. The summed E-state index contributed by atoms with van der Waals surface area (Å²) in [7, 11) is 0. The highest BCUT2D eigenvalue weighted by Gasteiger charge is 2.18. The Kier molecular flexibility index (Phi) is 3.51. The van der Waals surface area contributed by atoms with E-state index in [1.165, 1.54) is 11.3 Å². The fraction of sp³-hybridized carbons (Fsp3) is 0.250. The summed E-state index contributed by atoms with van der Waals surface area (Å²) in [6.07, 6.45) is 0.888. The normalized spacial score (nSPS) is 12.7. The van der Waals surface area contributed by atoms with E-state index < -0.39 is 0 Å². The molecule has 1 amide bonds. The Labute approximate surface area is 127 Å². The van der Waals surface area contributed by atoms with E-state index in [-0.39, 0.29) is 11.9 Å². The van der Waals surface area contributed by atoms with Crippen LogP contribution in [0.15, 0.2) is 30.3 Å². The van der Waals surface area contributed by atoms with Gasteiger partial charge in [0.15, 0.2) is 0 Å². The fourth-order valence-corrected chi connectivity index (χ4v) is 3.19. The number of nitrogens with one attached hydrogen (secondary N) is 1. The van der Waals surface area contributed by atoms with Gasteiger partial charge >= 0.3 is 0 Å². The molecular formula is C16H17N3OS. The number of thiophene rings is 1. The molecule has 0 bridgehead atoms. The lowest BCUT2D eigenvalue weighted by Crippen LogP contribution is -2.31. The van der Waals surface area contributed by atoms with Gasteiger partial charge in [-0.05, 0) is 25.5 Å². The highest BCUT2D eigenvalue weighted by molar-refractivity contribution is 7.21. The molecule has 0 aliphatic carbocycles. The minimum Gasteiger partial charge on any atom is -0.397 e. The van der Waals surface area contributed by atoms with Crippen molar-refractivity contribution in [1.82, 2.24) is 10.3 Å². The number of fused-ring (bicyclic) bond motifs is 2. The zero-order chi connectivity index (χ0) is 15.0. The monoisotopic (exact) mass is 299 g/mol. The van der Waals surface area contributed by atoms with E-state index in [4.69, 9.17) is 5.73 Å². The molecule has 0 radical (unpaired) electrons. The number of anilines is 1. The SMILES string of the molecule is CCC(C)NC(=O)c1sc2nc3ccccc3cc2c1N. The second-order valence-electron chi connectivity index (χ2n) is 5.16. The Morgan fingerprint density at radius 1 is 1.43 bits per heavy atom. The van der Waals surface area contributed by atoms with Crippen LogP contribution >= 0.6 is 11.3 Å². The van der Waals surface area contributed by atoms with Gasteiger partial charge in [0.05, 0.1) is 11.2 Å². The van der Waals surface area contributed by atoms with Gasteiger partial charge in [0.1, 0.15) is 9.71 Å². The van der Waals surface area contributed by atoms with Crippen LogP contribution in [0.25, 0.3) is 21.1 Å². The van der Waals surface area contributed by atoms with Crippen molar-refractivity contribution in [3.63, 3.8) is 0 Å². The number of aromatic nitrogens is 1. The molecule has 2 heterocycles. The minimum absolute atomic E-state index is 0.117. The molecule has 3 N–H and O–H groups in total. The van der Waals surface area contributed by atoms with Gasteiger partial charge in [-0.15, -0.1) is 11.3 Å². The molecule has 1 atom stereocenters. The van der Waals surface area contributed by atoms with Gasteiger partial charge in [0.2, 0.25) is 0 Å². The van der Waals surface area contributed by atoms with E-state index in [2.05, 4.69) is 10.3 Å². The first-order valence-electron chi connectivity index (χ1n) is 6.98. The Bertz CT molecular complexity index is 825. The first-order valence-corrected chi connectivity index (χ1v) is 7.80. The van der Waals surface area contributed by atoms with Crippen molar-refractivity contribution >= 4 is 44.1 Å². The Hall–Kier alpha value is -2.14. The van der Waals surface area contributed by atoms with Crippen LogP contribution < -0.4 is 11.1 Å². The summed E-state index contributed by atoms with van der Waals surface area (Å²) in [4.78, 5) is 18.2. The number of pyridine rings is 1. The molecule has 3 rings (SSSR count). The number of nitrogens with two attached hydrogens (primary N) is 1. The number of rotatable bonds is 3. The van der Waals surface area contributed by atoms with Gasteiger partial charge in [0, 0.05) is 16.8 Å². The zero-order valence-corrected chi connectivity index (χ0v) is 12.8. The van der Waals surface area contributed by atoms with Gasteiger partial charge in [0.25, 0.3) is 5.91 Å². The molecule has 21 heavy (non-hydrogen) atoms. The number of amides is 1. The van der Waals surface area contributed by atoms with Gasteiger partial charge in [-0.25, -0.2) is 4.98 Å². The van der Waals surface area contributed by atoms with Crippen LogP contribution in [0.5, 0.6) is 0 Å². The summed E-state index contributed by atoms with van der Waals surface area (Å²) < 4.78 is 0. The highest BCUT2D eigenvalue weighted by Crippen LogP contribution is 2.34. The molecule has 108 valence electrons. The molecule has 0 aliphatic rings. The quantitative estimate of drug-likeness (QED) is 0.777. The minimum atomic E-state index is -0.117. The van der Waals surface area contributed by atoms with E-state index >= 15 is 0 Å². The number of hydrogen-bond acceptors (Lipinski definition) is 4. The van der Waals surface area contributed by atoms with Crippen LogP contribution in [0, 0.1) is 0 Å². The van der Waals surface area contributed by atoms with Crippen molar-refractivity contribution in [3.05, 3.63) is 35.2 Å². The number of hydrogen-bond donors (Lipinski definition) is 2. The molecule has 1 unspecified atom stereocenters. The Morgan fingerprint density at radius 3 is 2.95 bits per heavy atom. The number of benzene rings is 1. The predicted octanol–water partition coefficient (Wildman–Crippen LogP) is 3.56. The third-order valence-electron chi connectivity index (χ3n) is 3.62. The second-order valence-corrected chi connectivity index (χ2v) is 6.16. The zero-order valence-electron chi connectivity index (χ0n) is 12.0. The molecule has 5 heteroatoms. The van der Waals surface area contributed by atoms with E-state index in [9.17, 15) is 4.79 Å². The first-order chi connectivity index (χ1) is 10.1. The number of para-hydroxylation sites is 1. The van der Waals surface area contributed by atoms with Crippen LogP contribution in [-0.4, -0.2) is 16.9 Å². The van der Waals surface area contributed by atoms with Crippen LogP contribution in [0.2, 0.25) is 0 Å². The lowest BCUT2D eigenvalue weighted by molar-refractivity contribution is 0.0944. The molecule has 0 aliphatic heterocycles. The van der Waals surface area contributed by atoms with E-state index in [0.717, 1.165) is 27.5 Å². The predicted molar refractivity (Wildman–Crippen MR) is 88.8 cm³/mol. The van der Waals surface area contributed by atoms with Crippen molar-refractivity contribution in [2.24, 2.45) is 0 Å². The lowest BCUT2D eigenvalue weighted by atomic mass is 10.1. The van der Waals surface area contributed by atoms with Crippen molar-refractivity contribution in [1.29, 1.82) is 0 Å². The molecular weight excluding hydrogens is 282 g/mol. The summed E-state index contributed by atoms with van der Waals surface area (Å²) in [6, 6.07) is 10.0. The maximum Gasteiger partial charge on any atom is 0.263 e. The summed E-state index contributed by atoms with van der Waals surface area (Å²) in [5, 5.41) is 4.84. The largest absolute Gasteiger partial charge is 0.397 e. The van der Waals surface area contributed by atoms with Crippen LogP contribution in [0.4, 0.5) is 5.69 Å². The molecule has 2 aromatic heterocycles. The topological polar surface area (TPSA) is 68.0 Å². The molecule has 0 spiro atoms. The standard InChI is InChI=1S/C16H17N3OS/c1-3-9(2)18-15(20)14-13(17)11-8-10-6-4-5-7-12(10)19-16(11)21-14/h4-9H,3,17H2,1-2H3,(H,18,20). The van der Waals surface area contributed by atoms with Crippen molar-refractivity contribution in [3.8, 4) is 0 Å². The molecule has 4 nitrogen and oxygen atoms in total. The van der Waals surface area contributed by atoms with Crippen LogP contribution in [0.1, 0.15) is 29.9 Å². The van der Waals surface area contributed by atoms with Crippen molar-refractivity contribution in [2.75, 3.05) is 5.73 Å². The molecule has 3 aromatic rings. The smallest absolute Gasteiger partial charge is 0.263 e. The summed E-state index contributed by atoms with van der Waals surface area (Å²) >= 11 is 1.35. The average molecular weight is 299 g/mol. The summed E-state index contributed by atoms with van der Waals surface area (Å²) in [5.41, 5.74) is 7.60. The number of carbonyl (C=O) groups excluding carboxylic acids is 1. The third-order valence-corrected chi connectivity index (χ3v) is 4.73. The van der Waals surface area contributed by atoms with Gasteiger partial charge in [-0.2, -0.15) is 0 Å². The van der Waals surface area contributed by atoms with Gasteiger partial charge in [-0.3, -0.25) is 4.79 Å². The van der Waals surface area contributed by atoms with Gasteiger partial charge in [-0.1, -0.05) is 25.1 Å². The molecule has 1 aromatic carbocycles. The van der Waals surface area contributed by atoms with Crippen LogP contribution in [0.3, 0.4) is 0 Å². The van der Waals surface area contributed by atoms with Crippen molar-refractivity contribution in [2.45, 2.75) is 26.3 Å².